The number of piperazine rings is 1. The summed E-state index contributed by atoms with van der Waals surface area (Å²) in [5.74, 6) is 1.91. The number of aromatic nitrogens is 1. The van der Waals surface area contributed by atoms with E-state index in [1.165, 1.54) is 0 Å². The average molecular weight is 400 g/mol. The second-order valence-corrected chi connectivity index (χ2v) is 7.25. The fourth-order valence-electron chi connectivity index (χ4n) is 3.38. The number of benzene rings is 1. The maximum absolute atomic E-state index is 12.5. The number of nitrogens with zero attached hydrogens (tertiary/aromatic N) is 3. The van der Waals surface area contributed by atoms with Gasteiger partial charge in [0.05, 0.1) is 13.2 Å². The second kappa shape index (κ2) is 9.56. The molecule has 2 amide bonds. The topological polar surface area (TPSA) is 87.9 Å². The third-order valence-corrected chi connectivity index (χ3v) is 5.26. The van der Waals surface area contributed by atoms with E-state index in [4.69, 9.17) is 9.26 Å². The van der Waals surface area contributed by atoms with Crippen molar-refractivity contribution in [1.29, 1.82) is 0 Å². The van der Waals surface area contributed by atoms with Crippen LogP contribution in [0.1, 0.15) is 24.7 Å². The van der Waals surface area contributed by atoms with Crippen molar-refractivity contribution in [3.63, 3.8) is 0 Å². The minimum atomic E-state index is -0.302. The standard InChI is InChI=1S/C21H28N4O4/c1-15-14-19(23-29-15)22-21(27)16(2)24-10-12-25(13-11-24)20(26)9-6-17-4-7-18(28-3)8-5-17/h4-5,7-8,14,16H,6,9-13H2,1-3H3,(H,22,23,27). The first-order valence-corrected chi connectivity index (χ1v) is 9.85. The summed E-state index contributed by atoms with van der Waals surface area (Å²) in [4.78, 5) is 28.9. The Labute approximate surface area is 170 Å². The van der Waals surface area contributed by atoms with Crippen LogP contribution >= 0.6 is 0 Å². The number of rotatable bonds is 7. The highest BCUT2D eigenvalue weighted by atomic mass is 16.5. The van der Waals surface area contributed by atoms with Crippen LogP contribution in [0.25, 0.3) is 0 Å². The summed E-state index contributed by atoms with van der Waals surface area (Å²) >= 11 is 0. The number of nitrogens with one attached hydrogen (secondary N) is 1. The Hall–Kier alpha value is -2.87. The van der Waals surface area contributed by atoms with Gasteiger partial charge in [-0.25, -0.2) is 0 Å². The van der Waals surface area contributed by atoms with E-state index in [1.54, 1.807) is 20.1 Å². The van der Waals surface area contributed by atoms with Crippen LogP contribution in [-0.4, -0.2) is 66.1 Å². The summed E-state index contributed by atoms with van der Waals surface area (Å²) in [6.45, 7) is 6.23. The first-order valence-electron chi connectivity index (χ1n) is 9.85. The zero-order chi connectivity index (χ0) is 20.8. The molecule has 1 fully saturated rings. The number of aryl methyl sites for hydroxylation is 2. The quantitative estimate of drug-likeness (QED) is 0.766. The number of carbonyl (C=O) groups excluding carboxylic acids is 2. The van der Waals surface area contributed by atoms with Gasteiger partial charge >= 0.3 is 0 Å². The van der Waals surface area contributed by atoms with Gasteiger partial charge in [0, 0.05) is 38.7 Å². The molecule has 1 aliphatic heterocycles. The molecule has 3 rings (SSSR count). The molecule has 1 N–H and O–H groups in total. The van der Waals surface area contributed by atoms with Gasteiger partial charge in [0.25, 0.3) is 0 Å². The zero-order valence-corrected chi connectivity index (χ0v) is 17.2. The molecule has 156 valence electrons. The fraction of sp³-hybridized carbons (Fsp3) is 0.476. The predicted molar refractivity (Wildman–Crippen MR) is 109 cm³/mol. The molecule has 1 aromatic carbocycles. The van der Waals surface area contributed by atoms with E-state index in [2.05, 4.69) is 15.4 Å². The van der Waals surface area contributed by atoms with Crippen LogP contribution in [0.4, 0.5) is 5.82 Å². The molecule has 0 radical (unpaired) electrons. The van der Waals surface area contributed by atoms with Crippen LogP contribution < -0.4 is 10.1 Å². The van der Waals surface area contributed by atoms with E-state index in [0.717, 1.165) is 11.3 Å². The highest BCUT2D eigenvalue weighted by Gasteiger charge is 2.27. The monoisotopic (exact) mass is 400 g/mol. The number of amides is 2. The predicted octanol–water partition coefficient (Wildman–Crippen LogP) is 2.10. The number of ether oxygens (including phenoxy) is 1. The molecule has 8 heteroatoms. The molecular formula is C21H28N4O4. The van der Waals surface area contributed by atoms with Crippen LogP contribution in [0, 0.1) is 6.92 Å². The van der Waals surface area contributed by atoms with E-state index in [0.29, 0.717) is 50.6 Å². The zero-order valence-electron chi connectivity index (χ0n) is 17.2. The van der Waals surface area contributed by atoms with E-state index < -0.39 is 0 Å². The Balaban J connectivity index is 1.42. The molecule has 1 atom stereocenters. The van der Waals surface area contributed by atoms with Gasteiger partial charge in [-0.05, 0) is 38.0 Å². The van der Waals surface area contributed by atoms with Gasteiger partial charge in [-0.1, -0.05) is 17.3 Å². The third-order valence-electron chi connectivity index (χ3n) is 5.26. The van der Waals surface area contributed by atoms with Crippen LogP contribution in [0.5, 0.6) is 5.75 Å². The summed E-state index contributed by atoms with van der Waals surface area (Å²) in [6, 6.07) is 9.17. The Bertz CT molecular complexity index is 825. The van der Waals surface area contributed by atoms with Gasteiger partial charge in [-0.3, -0.25) is 14.5 Å². The number of carbonyl (C=O) groups is 2. The maximum Gasteiger partial charge on any atom is 0.242 e. The molecule has 1 aromatic heterocycles. The van der Waals surface area contributed by atoms with Crippen LogP contribution in [0.15, 0.2) is 34.9 Å². The number of methoxy groups -OCH3 is 1. The number of hydrogen-bond acceptors (Lipinski definition) is 6. The van der Waals surface area contributed by atoms with Crippen LogP contribution in [-0.2, 0) is 16.0 Å². The Morgan fingerprint density at radius 3 is 2.48 bits per heavy atom. The molecule has 1 aliphatic rings. The highest BCUT2D eigenvalue weighted by Crippen LogP contribution is 2.15. The van der Waals surface area contributed by atoms with E-state index in [-0.39, 0.29) is 17.9 Å². The highest BCUT2D eigenvalue weighted by molar-refractivity contribution is 5.93. The lowest BCUT2D eigenvalue weighted by atomic mass is 10.1. The van der Waals surface area contributed by atoms with Crippen molar-refractivity contribution in [2.45, 2.75) is 32.7 Å². The van der Waals surface area contributed by atoms with Crippen molar-refractivity contribution in [2.75, 3.05) is 38.6 Å². The molecule has 0 bridgehead atoms. The van der Waals surface area contributed by atoms with Crippen LogP contribution in [0.3, 0.4) is 0 Å². The van der Waals surface area contributed by atoms with Gasteiger partial charge in [0.2, 0.25) is 11.8 Å². The van der Waals surface area contributed by atoms with E-state index in [9.17, 15) is 9.59 Å². The van der Waals surface area contributed by atoms with Gasteiger partial charge in [-0.15, -0.1) is 0 Å². The number of anilines is 1. The lowest BCUT2D eigenvalue weighted by molar-refractivity contribution is -0.133. The maximum atomic E-state index is 12.5. The molecule has 1 unspecified atom stereocenters. The second-order valence-electron chi connectivity index (χ2n) is 7.25. The van der Waals surface area contributed by atoms with Gasteiger partial charge in [-0.2, -0.15) is 0 Å². The minimum Gasteiger partial charge on any atom is -0.497 e. The van der Waals surface area contributed by atoms with Crippen molar-refractivity contribution in [2.24, 2.45) is 0 Å². The lowest BCUT2D eigenvalue weighted by Crippen LogP contribution is -2.54. The molecule has 0 spiro atoms. The molecule has 8 nitrogen and oxygen atoms in total. The molecule has 0 saturated carbocycles. The summed E-state index contributed by atoms with van der Waals surface area (Å²) < 4.78 is 10.1. The molecule has 1 saturated heterocycles. The van der Waals surface area contributed by atoms with Gasteiger partial charge < -0.3 is 19.5 Å². The molecule has 0 aliphatic carbocycles. The van der Waals surface area contributed by atoms with Crippen molar-refractivity contribution in [1.82, 2.24) is 15.0 Å². The molecule has 29 heavy (non-hydrogen) atoms. The molecule has 2 aromatic rings. The minimum absolute atomic E-state index is 0.127. The first kappa shape index (κ1) is 20.9. The van der Waals surface area contributed by atoms with Gasteiger partial charge in [0.1, 0.15) is 11.5 Å². The summed E-state index contributed by atoms with van der Waals surface area (Å²) in [6.07, 6.45) is 1.19. The largest absolute Gasteiger partial charge is 0.497 e. The lowest BCUT2D eigenvalue weighted by Gasteiger charge is -2.37. The third kappa shape index (κ3) is 5.57. The smallest absolute Gasteiger partial charge is 0.242 e. The van der Waals surface area contributed by atoms with Crippen molar-refractivity contribution < 1.29 is 18.8 Å². The summed E-state index contributed by atoms with van der Waals surface area (Å²) in [5, 5.41) is 6.55. The Morgan fingerprint density at radius 2 is 1.90 bits per heavy atom. The number of hydrogen-bond donors (Lipinski definition) is 1. The first-order chi connectivity index (χ1) is 14.0. The van der Waals surface area contributed by atoms with Gasteiger partial charge in [0.15, 0.2) is 5.82 Å². The van der Waals surface area contributed by atoms with E-state index in [1.807, 2.05) is 36.1 Å². The SMILES string of the molecule is COc1ccc(CCC(=O)N2CCN(C(C)C(=O)Nc3cc(C)on3)CC2)cc1. The summed E-state index contributed by atoms with van der Waals surface area (Å²) in [5.41, 5.74) is 1.12. The van der Waals surface area contributed by atoms with Crippen molar-refractivity contribution in [3.05, 3.63) is 41.7 Å². The van der Waals surface area contributed by atoms with Crippen molar-refractivity contribution >= 4 is 17.6 Å². The Morgan fingerprint density at radius 1 is 1.21 bits per heavy atom. The van der Waals surface area contributed by atoms with E-state index >= 15 is 0 Å². The molecule has 2 heterocycles. The van der Waals surface area contributed by atoms with Crippen LogP contribution in [0.2, 0.25) is 0 Å². The Kier molecular flexibility index (Phi) is 6.87. The summed E-state index contributed by atoms with van der Waals surface area (Å²) in [7, 11) is 1.64. The normalized spacial score (nSPS) is 15.8. The average Bonchev–Trinajstić information content (AvgIpc) is 3.16. The fourth-order valence-corrected chi connectivity index (χ4v) is 3.38. The van der Waals surface area contributed by atoms with Crippen molar-refractivity contribution in [3.8, 4) is 5.75 Å². The molecular weight excluding hydrogens is 372 g/mol.